The van der Waals surface area contributed by atoms with Crippen LogP contribution in [-0.2, 0) is 4.74 Å². The summed E-state index contributed by atoms with van der Waals surface area (Å²) in [5.41, 5.74) is 1.20. The van der Waals surface area contributed by atoms with Crippen LogP contribution < -0.4 is 4.74 Å². The van der Waals surface area contributed by atoms with Gasteiger partial charge in [0.25, 0.3) is 0 Å². The zero-order valence-electron chi connectivity index (χ0n) is 11.6. The standard InChI is InChI=1S/C14H12BrFN2O3/c1-7-9(15)6-17-13(12(7)14(19)20-3)21-10-4-5-11(16)18-8(10)2/h4-6H,1-3H3. The van der Waals surface area contributed by atoms with Crippen molar-refractivity contribution < 1.29 is 18.7 Å². The minimum atomic E-state index is -0.604. The fourth-order valence-electron chi connectivity index (χ4n) is 1.71. The van der Waals surface area contributed by atoms with Gasteiger partial charge in [0.2, 0.25) is 11.8 Å². The second-order valence-electron chi connectivity index (χ2n) is 4.22. The first-order valence-electron chi connectivity index (χ1n) is 5.98. The third-order valence-electron chi connectivity index (χ3n) is 2.84. The molecule has 7 heteroatoms. The average molecular weight is 355 g/mol. The Hall–Kier alpha value is -2.02. The largest absolute Gasteiger partial charge is 0.465 e. The van der Waals surface area contributed by atoms with Gasteiger partial charge in [0, 0.05) is 10.7 Å². The second-order valence-corrected chi connectivity index (χ2v) is 5.08. The van der Waals surface area contributed by atoms with Gasteiger partial charge in [-0.25, -0.2) is 14.8 Å². The molecule has 0 fully saturated rings. The quantitative estimate of drug-likeness (QED) is 0.622. The molecular weight excluding hydrogens is 343 g/mol. The number of hydrogen-bond donors (Lipinski definition) is 0. The first kappa shape index (κ1) is 15.4. The van der Waals surface area contributed by atoms with E-state index in [2.05, 4.69) is 25.9 Å². The average Bonchev–Trinajstić information content (AvgIpc) is 2.45. The van der Waals surface area contributed by atoms with Crippen LogP contribution in [0, 0.1) is 19.8 Å². The van der Waals surface area contributed by atoms with E-state index in [1.807, 2.05) is 0 Å². The third kappa shape index (κ3) is 3.18. The zero-order chi connectivity index (χ0) is 15.6. The molecule has 2 aromatic rings. The van der Waals surface area contributed by atoms with Crippen molar-refractivity contribution in [2.24, 2.45) is 0 Å². The molecule has 0 saturated heterocycles. The summed E-state index contributed by atoms with van der Waals surface area (Å²) in [6.07, 6.45) is 1.52. The van der Waals surface area contributed by atoms with Crippen LogP contribution in [0.4, 0.5) is 4.39 Å². The Labute approximate surface area is 129 Å². The molecule has 0 aromatic carbocycles. The number of carbonyl (C=O) groups excluding carboxylic acids is 1. The Morgan fingerprint density at radius 3 is 2.67 bits per heavy atom. The molecule has 21 heavy (non-hydrogen) atoms. The molecule has 2 aromatic heterocycles. The van der Waals surface area contributed by atoms with Crippen LogP contribution in [0.1, 0.15) is 21.6 Å². The number of nitrogens with zero attached hydrogens (tertiary/aromatic N) is 2. The molecule has 0 aliphatic heterocycles. The highest BCUT2D eigenvalue weighted by Gasteiger charge is 2.21. The van der Waals surface area contributed by atoms with E-state index in [9.17, 15) is 9.18 Å². The van der Waals surface area contributed by atoms with Crippen LogP contribution in [0.3, 0.4) is 0 Å². The summed E-state index contributed by atoms with van der Waals surface area (Å²) in [5, 5.41) is 0. The molecule has 5 nitrogen and oxygen atoms in total. The van der Waals surface area contributed by atoms with Crippen molar-refractivity contribution in [3.05, 3.63) is 45.6 Å². The van der Waals surface area contributed by atoms with Crippen molar-refractivity contribution in [2.45, 2.75) is 13.8 Å². The molecule has 0 bridgehead atoms. The molecule has 0 spiro atoms. The summed E-state index contributed by atoms with van der Waals surface area (Å²) >= 11 is 3.30. The van der Waals surface area contributed by atoms with E-state index in [0.717, 1.165) is 0 Å². The topological polar surface area (TPSA) is 61.3 Å². The molecule has 0 saturated carbocycles. The van der Waals surface area contributed by atoms with Crippen LogP contribution in [0.25, 0.3) is 0 Å². The highest BCUT2D eigenvalue weighted by atomic mass is 79.9. The van der Waals surface area contributed by atoms with E-state index in [4.69, 9.17) is 9.47 Å². The van der Waals surface area contributed by atoms with Crippen LogP contribution in [0.5, 0.6) is 11.6 Å². The predicted octanol–water partition coefficient (Wildman–Crippen LogP) is 3.57. The van der Waals surface area contributed by atoms with Crippen molar-refractivity contribution >= 4 is 21.9 Å². The van der Waals surface area contributed by atoms with Crippen LogP contribution in [0.2, 0.25) is 0 Å². The molecule has 2 heterocycles. The van der Waals surface area contributed by atoms with Gasteiger partial charge >= 0.3 is 5.97 Å². The summed E-state index contributed by atoms with van der Waals surface area (Å²) in [4.78, 5) is 19.6. The van der Waals surface area contributed by atoms with E-state index in [1.54, 1.807) is 13.8 Å². The maximum Gasteiger partial charge on any atom is 0.343 e. The Kier molecular flexibility index (Phi) is 4.52. The van der Waals surface area contributed by atoms with Crippen molar-refractivity contribution in [3.8, 4) is 11.6 Å². The monoisotopic (exact) mass is 354 g/mol. The number of hydrogen-bond acceptors (Lipinski definition) is 5. The van der Waals surface area contributed by atoms with E-state index in [0.29, 0.717) is 21.5 Å². The van der Waals surface area contributed by atoms with Gasteiger partial charge in [-0.15, -0.1) is 0 Å². The fourth-order valence-corrected chi connectivity index (χ4v) is 2.01. The Morgan fingerprint density at radius 1 is 1.33 bits per heavy atom. The third-order valence-corrected chi connectivity index (χ3v) is 3.64. The molecular formula is C14H12BrFN2O3. The summed E-state index contributed by atoms with van der Waals surface area (Å²) in [5.74, 6) is -0.771. The van der Waals surface area contributed by atoms with Gasteiger partial charge in [-0.3, -0.25) is 0 Å². The number of esters is 1. The van der Waals surface area contributed by atoms with Gasteiger partial charge in [0.1, 0.15) is 5.56 Å². The summed E-state index contributed by atoms with van der Waals surface area (Å²) in [6.45, 7) is 3.34. The molecule has 0 radical (unpaired) electrons. The highest BCUT2D eigenvalue weighted by molar-refractivity contribution is 9.10. The lowest BCUT2D eigenvalue weighted by atomic mass is 10.1. The van der Waals surface area contributed by atoms with E-state index < -0.39 is 11.9 Å². The number of rotatable bonds is 3. The molecule has 2 rings (SSSR count). The molecule has 0 aliphatic rings. The fraction of sp³-hybridized carbons (Fsp3) is 0.214. The van der Waals surface area contributed by atoms with Gasteiger partial charge in [0.15, 0.2) is 5.75 Å². The summed E-state index contributed by atoms with van der Waals surface area (Å²) < 4.78 is 24.0. The van der Waals surface area contributed by atoms with Gasteiger partial charge < -0.3 is 9.47 Å². The normalized spacial score (nSPS) is 10.3. The molecule has 0 atom stereocenters. The summed E-state index contributed by atoms with van der Waals surface area (Å²) in [7, 11) is 1.27. The lowest BCUT2D eigenvalue weighted by Crippen LogP contribution is -2.08. The Bertz CT molecular complexity index is 707. The van der Waals surface area contributed by atoms with E-state index in [1.165, 1.54) is 25.4 Å². The Morgan fingerprint density at radius 2 is 2.05 bits per heavy atom. The van der Waals surface area contributed by atoms with Gasteiger partial charge in [-0.1, -0.05) is 0 Å². The number of halogens is 2. The molecule has 0 unspecified atom stereocenters. The van der Waals surface area contributed by atoms with Gasteiger partial charge in [-0.05, 0) is 47.5 Å². The number of ether oxygens (including phenoxy) is 2. The first-order chi connectivity index (χ1) is 9.93. The lowest BCUT2D eigenvalue weighted by Gasteiger charge is -2.13. The van der Waals surface area contributed by atoms with Crippen LogP contribution in [0.15, 0.2) is 22.8 Å². The second kappa shape index (κ2) is 6.17. The minimum absolute atomic E-state index is 0.0825. The maximum absolute atomic E-state index is 13.0. The number of pyridine rings is 2. The predicted molar refractivity (Wildman–Crippen MR) is 77.0 cm³/mol. The van der Waals surface area contributed by atoms with E-state index >= 15 is 0 Å². The maximum atomic E-state index is 13.0. The van der Waals surface area contributed by atoms with Crippen molar-refractivity contribution in [3.63, 3.8) is 0 Å². The molecule has 0 amide bonds. The Balaban J connectivity index is 2.49. The van der Waals surface area contributed by atoms with Crippen molar-refractivity contribution in [2.75, 3.05) is 7.11 Å². The minimum Gasteiger partial charge on any atom is -0.465 e. The molecule has 110 valence electrons. The smallest absolute Gasteiger partial charge is 0.343 e. The van der Waals surface area contributed by atoms with Gasteiger partial charge in [0.05, 0.1) is 12.8 Å². The van der Waals surface area contributed by atoms with Gasteiger partial charge in [-0.2, -0.15) is 4.39 Å². The van der Waals surface area contributed by atoms with Crippen LogP contribution >= 0.6 is 15.9 Å². The first-order valence-corrected chi connectivity index (χ1v) is 6.77. The zero-order valence-corrected chi connectivity index (χ0v) is 13.2. The van der Waals surface area contributed by atoms with Crippen LogP contribution in [-0.4, -0.2) is 23.0 Å². The van der Waals surface area contributed by atoms with Crippen molar-refractivity contribution in [1.29, 1.82) is 0 Å². The number of aromatic nitrogens is 2. The summed E-state index contributed by atoms with van der Waals surface area (Å²) in [6, 6.07) is 2.60. The molecule has 0 aliphatic carbocycles. The number of methoxy groups -OCH3 is 1. The number of carbonyl (C=O) groups is 1. The SMILES string of the molecule is COC(=O)c1c(Oc2ccc(F)nc2C)ncc(Br)c1C. The molecule has 0 N–H and O–H groups in total. The van der Waals surface area contributed by atoms with Crippen molar-refractivity contribution in [1.82, 2.24) is 9.97 Å². The highest BCUT2D eigenvalue weighted by Crippen LogP contribution is 2.30. The number of aryl methyl sites for hydroxylation is 1. The lowest BCUT2D eigenvalue weighted by molar-refractivity contribution is 0.0596. The van der Waals surface area contributed by atoms with E-state index in [-0.39, 0.29) is 11.4 Å².